The van der Waals surface area contributed by atoms with Gasteiger partial charge < -0.3 is 15.0 Å². The Balaban J connectivity index is 1.87. The number of benzene rings is 1. The summed E-state index contributed by atoms with van der Waals surface area (Å²) in [7, 11) is 1.58. The van der Waals surface area contributed by atoms with Crippen LogP contribution in [0.3, 0.4) is 0 Å². The summed E-state index contributed by atoms with van der Waals surface area (Å²) in [5.74, 6) is -0.477. The van der Waals surface area contributed by atoms with Gasteiger partial charge in [0.1, 0.15) is 0 Å². The van der Waals surface area contributed by atoms with Crippen molar-refractivity contribution in [3.8, 4) is 0 Å². The van der Waals surface area contributed by atoms with Crippen molar-refractivity contribution >= 4 is 51.8 Å². The molecule has 1 aromatic heterocycles. The number of rotatable bonds is 9. The van der Waals surface area contributed by atoms with Crippen LogP contribution >= 0.6 is 23.1 Å². The first-order valence-electron chi connectivity index (χ1n) is 9.40. The van der Waals surface area contributed by atoms with Crippen molar-refractivity contribution in [1.29, 1.82) is 0 Å². The molecule has 0 aliphatic rings. The second kappa shape index (κ2) is 11.5. The third kappa shape index (κ3) is 6.99. The molecule has 3 amide bonds. The Kier molecular flexibility index (Phi) is 9.06. The van der Waals surface area contributed by atoms with Crippen molar-refractivity contribution in [2.45, 2.75) is 36.8 Å². The van der Waals surface area contributed by atoms with Gasteiger partial charge in [-0.05, 0) is 31.9 Å². The highest BCUT2D eigenvalue weighted by Crippen LogP contribution is 2.29. The van der Waals surface area contributed by atoms with Crippen LogP contribution in [-0.2, 0) is 20.7 Å². The Bertz CT molecular complexity index is 889. The number of carbonyl (C=O) groups excluding carboxylic acids is 3. The number of para-hydroxylation sites is 1. The van der Waals surface area contributed by atoms with E-state index in [-0.39, 0.29) is 30.1 Å². The molecule has 1 aromatic carbocycles. The normalized spacial score (nSPS) is 11.5. The zero-order valence-corrected chi connectivity index (χ0v) is 18.9. The van der Waals surface area contributed by atoms with E-state index >= 15 is 0 Å². The number of anilines is 2. The highest BCUT2D eigenvalue weighted by molar-refractivity contribution is 8.02. The molecular weight excluding hydrogens is 426 g/mol. The molecule has 11 heteroatoms. The predicted octanol–water partition coefficient (Wildman–Crippen LogP) is 3.25. The Morgan fingerprint density at radius 2 is 1.93 bits per heavy atom. The molecule has 162 valence electrons. The van der Waals surface area contributed by atoms with Gasteiger partial charge in [-0.3, -0.25) is 14.9 Å². The van der Waals surface area contributed by atoms with Gasteiger partial charge in [0, 0.05) is 12.7 Å². The molecule has 0 bridgehead atoms. The van der Waals surface area contributed by atoms with E-state index in [2.05, 4.69) is 20.8 Å². The lowest BCUT2D eigenvalue weighted by atomic mass is 10.1. The van der Waals surface area contributed by atoms with Crippen molar-refractivity contribution in [1.82, 2.24) is 15.1 Å². The fourth-order valence-corrected chi connectivity index (χ4v) is 4.50. The lowest BCUT2D eigenvalue weighted by Crippen LogP contribution is -2.39. The Morgan fingerprint density at radius 3 is 2.63 bits per heavy atom. The van der Waals surface area contributed by atoms with Gasteiger partial charge in [0.25, 0.3) is 0 Å². The third-order valence-electron chi connectivity index (χ3n) is 3.95. The summed E-state index contributed by atoms with van der Waals surface area (Å²) in [4.78, 5) is 37.8. The molecule has 0 spiro atoms. The molecule has 2 N–H and O–H groups in total. The van der Waals surface area contributed by atoms with Crippen LogP contribution in [0, 0.1) is 0 Å². The molecule has 0 aliphatic heterocycles. The molecule has 1 atom stereocenters. The minimum absolute atomic E-state index is 0.0619. The van der Waals surface area contributed by atoms with Gasteiger partial charge in [-0.2, -0.15) is 0 Å². The number of ether oxygens (including phenoxy) is 1. The van der Waals surface area contributed by atoms with Gasteiger partial charge in [0.15, 0.2) is 4.34 Å². The summed E-state index contributed by atoms with van der Waals surface area (Å²) >= 11 is 2.35. The lowest BCUT2D eigenvalue weighted by molar-refractivity contribution is -0.132. The number of aromatic nitrogens is 2. The van der Waals surface area contributed by atoms with E-state index in [0.29, 0.717) is 4.34 Å². The maximum Gasteiger partial charge on any atom is 0.413 e. The van der Waals surface area contributed by atoms with Gasteiger partial charge in [-0.1, -0.05) is 48.2 Å². The Labute approximate surface area is 183 Å². The molecule has 0 saturated carbocycles. The molecule has 30 heavy (non-hydrogen) atoms. The zero-order valence-electron chi connectivity index (χ0n) is 17.3. The van der Waals surface area contributed by atoms with E-state index in [4.69, 9.17) is 4.74 Å². The fraction of sp³-hybridized carbons (Fsp3) is 0.421. The van der Waals surface area contributed by atoms with Gasteiger partial charge in [0.2, 0.25) is 16.9 Å². The molecule has 9 nitrogen and oxygen atoms in total. The summed E-state index contributed by atoms with van der Waals surface area (Å²) in [6.45, 7) is 5.64. The molecule has 2 aromatic rings. The first-order valence-corrected chi connectivity index (χ1v) is 11.1. The van der Waals surface area contributed by atoms with Crippen LogP contribution in [0.5, 0.6) is 0 Å². The average molecular weight is 452 g/mol. The number of hydrogen-bond donors (Lipinski definition) is 2. The second-order valence-electron chi connectivity index (χ2n) is 6.23. The summed E-state index contributed by atoms with van der Waals surface area (Å²) in [5.41, 5.74) is 1.79. The van der Waals surface area contributed by atoms with Gasteiger partial charge >= 0.3 is 6.09 Å². The maximum absolute atomic E-state index is 12.6. The van der Waals surface area contributed by atoms with Crippen LogP contribution in [0.2, 0.25) is 0 Å². The van der Waals surface area contributed by atoms with Crippen LogP contribution in [0.1, 0.15) is 26.3 Å². The molecule has 0 aliphatic carbocycles. The fourth-order valence-electron chi connectivity index (χ4n) is 2.51. The number of hydrogen-bond acceptors (Lipinski definition) is 8. The van der Waals surface area contributed by atoms with Crippen molar-refractivity contribution in [3.63, 3.8) is 0 Å². The van der Waals surface area contributed by atoms with Gasteiger partial charge in [0.05, 0.1) is 18.4 Å². The number of carbonyl (C=O) groups is 3. The van der Waals surface area contributed by atoms with Crippen LogP contribution in [0.4, 0.5) is 15.6 Å². The molecule has 0 radical (unpaired) electrons. The molecule has 0 saturated heterocycles. The first kappa shape index (κ1) is 23.6. The van der Waals surface area contributed by atoms with Crippen LogP contribution in [-0.4, -0.2) is 58.5 Å². The SMILES string of the molecule is CCOC(=O)Nc1nnc(SC(C)C(=O)N(C)CC(=O)Nc2ccccc2CC)s1. The van der Waals surface area contributed by atoms with Crippen molar-refractivity contribution in [2.24, 2.45) is 0 Å². The minimum atomic E-state index is -0.607. The number of aryl methyl sites for hydroxylation is 1. The van der Waals surface area contributed by atoms with Gasteiger partial charge in [-0.25, -0.2) is 4.79 Å². The summed E-state index contributed by atoms with van der Waals surface area (Å²) < 4.78 is 5.31. The molecule has 2 rings (SSSR count). The molecule has 1 unspecified atom stereocenters. The average Bonchev–Trinajstić information content (AvgIpc) is 3.14. The van der Waals surface area contributed by atoms with Crippen molar-refractivity contribution < 1.29 is 19.1 Å². The standard InChI is InChI=1S/C19H25N5O4S2/c1-5-13-9-7-8-10-14(13)20-15(25)11-24(4)16(26)12(3)29-19-23-22-17(30-19)21-18(27)28-6-2/h7-10,12H,5-6,11H2,1-4H3,(H,20,25)(H,21,22,27). The van der Waals surface area contributed by atoms with E-state index in [1.165, 1.54) is 16.7 Å². The smallest absolute Gasteiger partial charge is 0.413 e. The molecule has 0 fully saturated rings. The highest BCUT2D eigenvalue weighted by atomic mass is 32.2. The Morgan fingerprint density at radius 1 is 1.20 bits per heavy atom. The van der Waals surface area contributed by atoms with E-state index < -0.39 is 11.3 Å². The van der Waals surface area contributed by atoms with E-state index in [0.717, 1.165) is 29.0 Å². The second-order valence-corrected chi connectivity index (χ2v) is 8.80. The van der Waals surface area contributed by atoms with E-state index in [1.54, 1.807) is 20.9 Å². The monoisotopic (exact) mass is 451 g/mol. The third-order valence-corrected chi connectivity index (χ3v) is 5.96. The number of amides is 3. The van der Waals surface area contributed by atoms with E-state index in [1.807, 2.05) is 31.2 Å². The quantitative estimate of drug-likeness (QED) is 0.444. The minimum Gasteiger partial charge on any atom is -0.450 e. The van der Waals surface area contributed by atoms with Crippen molar-refractivity contribution in [3.05, 3.63) is 29.8 Å². The van der Waals surface area contributed by atoms with Crippen LogP contribution in [0.15, 0.2) is 28.6 Å². The summed E-state index contributed by atoms with van der Waals surface area (Å²) in [5, 5.41) is 12.9. The number of thioether (sulfide) groups is 1. The first-order chi connectivity index (χ1) is 14.3. The summed E-state index contributed by atoms with van der Waals surface area (Å²) in [6.07, 6.45) is 0.193. The van der Waals surface area contributed by atoms with Crippen molar-refractivity contribution in [2.75, 3.05) is 30.8 Å². The molecule has 1 heterocycles. The van der Waals surface area contributed by atoms with Crippen LogP contribution in [0.25, 0.3) is 0 Å². The topological polar surface area (TPSA) is 114 Å². The summed E-state index contributed by atoms with van der Waals surface area (Å²) in [6, 6.07) is 7.57. The van der Waals surface area contributed by atoms with E-state index in [9.17, 15) is 14.4 Å². The largest absolute Gasteiger partial charge is 0.450 e. The van der Waals surface area contributed by atoms with Gasteiger partial charge in [-0.15, -0.1) is 10.2 Å². The predicted molar refractivity (Wildman–Crippen MR) is 118 cm³/mol. The molecular formula is C19H25N5O4S2. The number of likely N-dealkylation sites (N-methyl/N-ethyl adjacent to an activating group) is 1. The van der Waals surface area contributed by atoms with Crippen LogP contribution < -0.4 is 10.6 Å². The number of nitrogens with one attached hydrogen (secondary N) is 2. The zero-order chi connectivity index (χ0) is 22.1. The maximum atomic E-state index is 12.6. The highest BCUT2D eigenvalue weighted by Gasteiger charge is 2.22. The Hall–Kier alpha value is -2.66. The lowest BCUT2D eigenvalue weighted by Gasteiger charge is -2.20. The number of nitrogens with zero attached hydrogens (tertiary/aromatic N) is 3.